The fraction of sp³-hybridized carbons (Fsp3) is 0.250. The van der Waals surface area contributed by atoms with Gasteiger partial charge in [0.25, 0.3) is 5.78 Å². The zero-order valence-electron chi connectivity index (χ0n) is 10.9. The SMILES string of the molecule is COc1cc(-c2noc(C)n2)c(C(=O)C(F)(F)F)cc1O. The largest absolute Gasteiger partial charge is 0.504 e. The highest BCUT2D eigenvalue weighted by Crippen LogP contribution is 2.36. The van der Waals surface area contributed by atoms with Crippen LogP contribution in [0.15, 0.2) is 16.7 Å². The molecule has 1 aromatic carbocycles. The van der Waals surface area contributed by atoms with Crippen LogP contribution < -0.4 is 4.74 Å². The number of hydrogen-bond acceptors (Lipinski definition) is 6. The molecule has 0 aliphatic heterocycles. The Kier molecular flexibility index (Phi) is 3.58. The van der Waals surface area contributed by atoms with Crippen molar-refractivity contribution in [3.05, 3.63) is 23.6 Å². The van der Waals surface area contributed by atoms with Crippen molar-refractivity contribution in [3.63, 3.8) is 0 Å². The van der Waals surface area contributed by atoms with Gasteiger partial charge in [-0.3, -0.25) is 4.79 Å². The summed E-state index contributed by atoms with van der Waals surface area (Å²) in [5.41, 5.74) is -1.04. The molecule has 2 rings (SSSR count). The summed E-state index contributed by atoms with van der Waals surface area (Å²) in [7, 11) is 1.21. The number of aromatic nitrogens is 2. The quantitative estimate of drug-likeness (QED) is 0.877. The first-order chi connectivity index (χ1) is 9.74. The highest BCUT2D eigenvalue weighted by molar-refractivity contribution is 6.05. The molecule has 0 aliphatic rings. The summed E-state index contributed by atoms with van der Waals surface area (Å²) in [6.45, 7) is 1.44. The van der Waals surface area contributed by atoms with Gasteiger partial charge in [0, 0.05) is 18.1 Å². The Hall–Kier alpha value is -2.58. The molecule has 0 unspecified atom stereocenters. The summed E-state index contributed by atoms with van der Waals surface area (Å²) in [6, 6.07) is 1.70. The lowest BCUT2D eigenvalue weighted by Crippen LogP contribution is -2.23. The lowest BCUT2D eigenvalue weighted by Gasteiger charge is -2.11. The fourth-order valence-corrected chi connectivity index (χ4v) is 1.67. The standard InChI is InChI=1S/C12H9F3N2O4/c1-5-16-11(17-21-5)7-4-9(20-2)8(18)3-6(7)10(19)12(13,14)15/h3-4,18H,1-2H3. The lowest BCUT2D eigenvalue weighted by molar-refractivity contribution is -0.0884. The van der Waals surface area contributed by atoms with Crippen LogP contribution in [0, 0.1) is 6.92 Å². The zero-order chi connectivity index (χ0) is 15.8. The van der Waals surface area contributed by atoms with E-state index in [-0.39, 0.29) is 23.0 Å². The minimum atomic E-state index is -5.10. The molecule has 112 valence electrons. The van der Waals surface area contributed by atoms with E-state index in [2.05, 4.69) is 14.7 Å². The summed E-state index contributed by atoms with van der Waals surface area (Å²) in [6.07, 6.45) is -5.10. The molecule has 1 aromatic heterocycles. The zero-order valence-corrected chi connectivity index (χ0v) is 10.9. The van der Waals surface area contributed by atoms with Gasteiger partial charge in [0.1, 0.15) is 0 Å². The van der Waals surface area contributed by atoms with Crippen molar-refractivity contribution in [2.75, 3.05) is 7.11 Å². The molecule has 0 saturated carbocycles. The van der Waals surface area contributed by atoms with Crippen LogP contribution in [0.3, 0.4) is 0 Å². The number of alkyl halides is 3. The molecule has 1 heterocycles. The average molecular weight is 302 g/mol. The van der Waals surface area contributed by atoms with Crippen LogP contribution in [0.5, 0.6) is 11.5 Å². The molecule has 1 N–H and O–H groups in total. The van der Waals surface area contributed by atoms with Gasteiger partial charge in [0.2, 0.25) is 11.7 Å². The Morgan fingerprint density at radius 3 is 2.52 bits per heavy atom. The van der Waals surface area contributed by atoms with E-state index in [4.69, 9.17) is 4.74 Å². The van der Waals surface area contributed by atoms with Crippen LogP contribution in [0.4, 0.5) is 13.2 Å². The number of methoxy groups -OCH3 is 1. The number of halogens is 3. The number of Topliss-reactive ketones (excluding diaryl/α,β-unsaturated/α-hetero) is 1. The number of carbonyl (C=O) groups excluding carboxylic acids is 1. The number of rotatable bonds is 3. The van der Waals surface area contributed by atoms with Crippen LogP contribution in [0.1, 0.15) is 16.2 Å². The number of phenolic OH excluding ortho intramolecular Hbond substituents is 1. The van der Waals surface area contributed by atoms with Gasteiger partial charge in [0.05, 0.1) is 7.11 Å². The van der Waals surface area contributed by atoms with Crippen molar-refractivity contribution in [1.29, 1.82) is 0 Å². The highest BCUT2D eigenvalue weighted by atomic mass is 19.4. The number of nitrogens with zero attached hydrogens (tertiary/aromatic N) is 2. The van der Waals surface area contributed by atoms with E-state index in [1.54, 1.807) is 0 Å². The molecule has 0 radical (unpaired) electrons. The summed E-state index contributed by atoms with van der Waals surface area (Å²) < 4.78 is 47.4. The molecule has 0 fully saturated rings. The minimum absolute atomic E-state index is 0.113. The van der Waals surface area contributed by atoms with Gasteiger partial charge < -0.3 is 14.4 Å². The molecular formula is C12H9F3N2O4. The maximum atomic E-state index is 12.6. The predicted molar refractivity (Wildman–Crippen MR) is 63.1 cm³/mol. The number of aryl methyl sites for hydroxylation is 1. The number of ketones is 1. The van der Waals surface area contributed by atoms with Gasteiger partial charge in [-0.2, -0.15) is 18.2 Å². The van der Waals surface area contributed by atoms with E-state index in [0.717, 1.165) is 6.07 Å². The third kappa shape index (κ3) is 2.81. The summed E-state index contributed by atoms with van der Waals surface area (Å²) in [5.74, 6) is -2.95. The van der Waals surface area contributed by atoms with Crippen LogP contribution in [-0.2, 0) is 0 Å². The topological polar surface area (TPSA) is 85.5 Å². The van der Waals surface area contributed by atoms with Crippen LogP contribution in [0.2, 0.25) is 0 Å². The Bertz CT molecular complexity index is 694. The first kappa shape index (κ1) is 14.8. The summed E-state index contributed by atoms with van der Waals surface area (Å²) in [5, 5.41) is 13.0. The van der Waals surface area contributed by atoms with Gasteiger partial charge in [-0.25, -0.2) is 0 Å². The van der Waals surface area contributed by atoms with Crippen molar-refractivity contribution >= 4 is 5.78 Å². The molecule has 2 aromatic rings. The normalized spacial score (nSPS) is 11.5. The van der Waals surface area contributed by atoms with Crippen molar-refractivity contribution in [3.8, 4) is 22.9 Å². The first-order valence-corrected chi connectivity index (χ1v) is 5.57. The summed E-state index contributed by atoms with van der Waals surface area (Å²) >= 11 is 0. The second-order valence-electron chi connectivity index (χ2n) is 4.03. The van der Waals surface area contributed by atoms with Gasteiger partial charge >= 0.3 is 6.18 Å². The smallest absolute Gasteiger partial charge is 0.454 e. The van der Waals surface area contributed by atoms with Crippen molar-refractivity contribution in [2.24, 2.45) is 0 Å². The van der Waals surface area contributed by atoms with Gasteiger partial charge in [-0.15, -0.1) is 0 Å². The third-order valence-corrected chi connectivity index (χ3v) is 2.59. The number of ether oxygens (including phenoxy) is 1. The van der Waals surface area contributed by atoms with Crippen molar-refractivity contribution in [1.82, 2.24) is 10.1 Å². The van der Waals surface area contributed by atoms with Gasteiger partial charge in [-0.1, -0.05) is 5.16 Å². The number of aromatic hydroxyl groups is 1. The Balaban J connectivity index is 2.68. The Morgan fingerprint density at radius 2 is 2.05 bits per heavy atom. The molecule has 0 amide bonds. The molecule has 0 aliphatic carbocycles. The monoisotopic (exact) mass is 302 g/mol. The summed E-state index contributed by atoms with van der Waals surface area (Å²) in [4.78, 5) is 15.2. The molecular weight excluding hydrogens is 293 g/mol. The maximum Gasteiger partial charge on any atom is 0.454 e. The molecule has 6 nitrogen and oxygen atoms in total. The van der Waals surface area contributed by atoms with E-state index in [9.17, 15) is 23.1 Å². The Morgan fingerprint density at radius 1 is 1.38 bits per heavy atom. The second kappa shape index (κ2) is 5.08. The Labute approximate surface area is 116 Å². The van der Waals surface area contributed by atoms with E-state index < -0.39 is 23.3 Å². The molecule has 0 atom stereocenters. The number of hydrogen-bond donors (Lipinski definition) is 1. The highest BCUT2D eigenvalue weighted by Gasteiger charge is 2.41. The molecule has 0 spiro atoms. The van der Waals surface area contributed by atoms with Crippen LogP contribution in [0.25, 0.3) is 11.4 Å². The van der Waals surface area contributed by atoms with E-state index >= 15 is 0 Å². The fourth-order valence-electron chi connectivity index (χ4n) is 1.67. The van der Waals surface area contributed by atoms with Crippen molar-refractivity contribution in [2.45, 2.75) is 13.1 Å². The number of phenols is 1. The second-order valence-corrected chi connectivity index (χ2v) is 4.03. The maximum absolute atomic E-state index is 12.6. The van der Waals surface area contributed by atoms with Crippen LogP contribution >= 0.6 is 0 Å². The van der Waals surface area contributed by atoms with E-state index in [0.29, 0.717) is 6.07 Å². The lowest BCUT2D eigenvalue weighted by atomic mass is 10.0. The van der Waals surface area contributed by atoms with Gasteiger partial charge in [-0.05, 0) is 12.1 Å². The molecule has 21 heavy (non-hydrogen) atoms. The minimum Gasteiger partial charge on any atom is -0.504 e. The number of carbonyl (C=O) groups is 1. The molecule has 0 bridgehead atoms. The predicted octanol–water partition coefficient (Wildman–Crippen LogP) is 2.50. The van der Waals surface area contributed by atoms with Crippen molar-refractivity contribution < 1.29 is 32.3 Å². The van der Waals surface area contributed by atoms with Gasteiger partial charge in [0.15, 0.2) is 11.5 Å². The third-order valence-electron chi connectivity index (χ3n) is 2.59. The average Bonchev–Trinajstić information content (AvgIpc) is 2.83. The van der Waals surface area contributed by atoms with E-state index in [1.807, 2.05) is 0 Å². The number of benzene rings is 1. The van der Waals surface area contributed by atoms with E-state index in [1.165, 1.54) is 14.0 Å². The molecule has 0 saturated heterocycles. The van der Waals surface area contributed by atoms with Crippen LogP contribution in [-0.4, -0.2) is 34.3 Å². The first-order valence-electron chi connectivity index (χ1n) is 5.57. The molecule has 9 heteroatoms.